The number of ether oxygens (including phenoxy) is 1. The fourth-order valence-corrected chi connectivity index (χ4v) is 2.38. The first-order valence-corrected chi connectivity index (χ1v) is 8.45. The van der Waals surface area contributed by atoms with E-state index in [4.69, 9.17) is 9.73 Å². The zero-order valence-electron chi connectivity index (χ0n) is 14.8. The first-order valence-electron chi connectivity index (χ1n) is 8.45. The number of methoxy groups -OCH3 is 1. The highest BCUT2D eigenvalue weighted by Crippen LogP contribution is 2.26. The van der Waals surface area contributed by atoms with Crippen LogP contribution < -0.4 is 5.32 Å². The average molecular weight is 426 g/mol. The molecule has 0 aromatic rings. The van der Waals surface area contributed by atoms with Crippen LogP contribution in [0.15, 0.2) is 4.99 Å². The Morgan fingerprint density at radius 3 is 2.50 bits per heavy atom. The van der Waals surface area contributed by atoms with Crippen molar-refractivity contribution in [2.75, 3.05) is 53.5 Å². The molecule has 0 aromatic carbocycles. The molecule has 132 valence electrons. The van der Waals surface area contributed by atoms with E-state index in [1.165, 1.54) is 25.7 Å². The van der Waals surface area contributed by atoms with Crippen LogP contribution in [0.25, 0.3) is 0 Å². The SMILES string of the molecule is CCCCN(C)C(=NCCN(CCOC)C1CC1)NCC.I. The zero-order valence-corrected chi connectivity index (χ0v) is 17.1. The Bertz CT molecular complexity index is 298. The maximum absolute atomic E-state index is 5.20. The van der Waals surface area contributed by atoms with Gasteiger partial charge in [0.05, 0.1) is 13.2 Å². The third-order valence-electron chi connectivity index (χ3n) is 3.84. The van der Waals surface area contributed by atoms with Crippen molar-refractivity contribution in [3.8, 4) is 0 Å². The van der Waals surface area contributed by atoms with Crippen LogP contribution >= 0.6 is 24.0 Å². The molecule has 0 spiro atoms. The number of aliphatic imine (C=N–C) groups is 1. The third kappa shape index (κ3) is 9.15. The van der Waals surface area contributed by atoms with Crippen LogP contribution in [0.5, 0.6) is 0 Å². The molecule has 5 nitrogen and oxygen atoms in total. The van der Waals surface area contributed by atoms with Gasteiger partial charge < -0.3 is 15.0 Å². The quantitative estimate of drug-likeness (QED) is 0.313. The number of hydrogen-bond acceptors (Lipinski definition) is 3. The second kappa shape index (κ2) is 13.4. The first-order chi connectivity index (χ1) is 10.2. The van der Waals surface area contributed by atoms with E-state index in [1.807, 2.05) is 0 Å². The van der Waals surface area contributed by atoms with Crippen molar-refractivity contribution < 1.29 is 4.74 Å². The minimum absolute atomic E-state index is 0. The van der Waals surface area contributed by atoms with Gasteiger partial charge in [0.2, 0.25) is 0 Å². The van der Waals surface area contributed by atoms with E-state index in [0.29, 0.717) is 0 Å². The van der Waals surface area contributed by atoms with Crippen LogP contribution in [0.2, 0.25) is 0 Å². The van der Waals surface area contributed by atoms with Crippen molar-refractivity contribution in [1.82, 2.24) is 15.1 Å². The standard InChI is InChI=1S/C16H34N4O.HI/c1-5-7-11-19(3)16(17-6-2)18-10-12-20(13-14-21-4)15-8-9-15;/h15H,5-14H2,1-4H3,(H,17,18);1H. The fraction of sp³-hybridized carbons (Fsp3) is 0.938. The summed E-state index contributed by atoms with van der Waals surface area (Å²) in [5.74, 6) is 1.04. The van der Waals surface area contributed by atoms with E-state index < -0.39 is 0 Å². The van der Waals surface area contributed by atoms with Gasteiger partial charge in [0.1, 0.15) is 0 Å². The topological polar surface area (TPSA) is 40.1 Å². The Labute approximate surface area is 153 Å². The van der Waals surface area contributed by atoms with Crippen molar-refractivity contribution in [2.45, 2.75) is 45.6 Å². The molecule has 1 N–H and O–H groups in total. The van der Waals surface area contributed by atoms with Crippen LogP contribution in [0.3, 0.4) is 0 Å². The molecule has 1 aliphatic carbocycles. The number of nitrogens with zero attached hydrogens (tertiary/aromatic N) is 3. The lowest BCUT2D eigenvalue weighted by molar-refractivity contribution is 0.145. The minimum atomic E-state index is 0. The van der Waals surface area contributed by atoms with Gasteiger partial charge in [-0.15, -0.1) is 24.0 Å². The van der Waals surface area contributed by atoms with Crippen molar-refractivity contribution in [3.05, 3.63) is 0 Å². The summed E-state index contributed by atoms with van der Waals surface area (Å²) < 4.78 is 5.20. The molecule has 0 aliphatic heterocycles. The van der Waals surface area contributed by atoms with E-state index in [0.717, 1.165) is 51.3 Å². The van der Waals surface area contributed by atoms with E-state index >= 15 is 0 Å². The molecule has 0 unspecified atom stereocenters. The summed E-state index contributed by atoms with van der Waals surface area (Å²) in [4.78, 5) is 9.53. The summed E-state index contributed by atoms with van der Waals surface area (Å²) in [5, 5.41) is 3.39. The molecular formula is C16H35IN4O. The summed E-state index contributed by atoms with van der Waals surface area (Å²) in [7, 11) is 3.90. The summed E-state index contributed by atoms with van der Waals surface area (Å²) >= 11 is 0. The summed E-state index contributed by atoms with van der Waals surface area (Å²) in [6.45, 7) is 10.1. The van der Waals surface area contributed by atoms with E-state index in [1.54, 1.807) is 7.11 Å². The maximum atomic E-state index is 5.20. The van der Waals surface area contributed by atoms with Crippen molar-refractivity contribution in [3.63, 3.8) is 0 Å². The average Bonchev–Trinajstić information content (AvgIpc) is 3.31. The van der Waals surface area contributed by atoms with Gasteiger partial charge in [-0.1, -0.05) is 13.3 Å². The lowest BCUT2D eigenvalue weighted by atomic mass is 10.3. The van der Waals surface area contributed by atoms with E-state index in [9.17, 15) is 0 Å². The Morgan fingerprint density at radius 1 is 1.23 bits per heavy atom. The lowest BCUT2D eigenvalue weighted by Crippen LogP contribution is -2.40. The van der Waals surface area contributed by atoms with Crippen LogP contribution in [0.1, 0.15) is 39.5 Å². The van der Waals surface area contributed by atoms with Gasteiger partial charge in [-0.2, -0.15) is 0 Å². The molecule has 0 atom stereocenters. The fourth-order valence-electron chi connectivity index (χ4n) is 2.38. The van der Waals surface area contributed by atoms with Crippen molar-refractivity contribution >= 4 is 29.9 Å². The van der Waals surface area contributed by atoms with Gasteiger partial charge in [-0.25, -0.2) is 0 Å². The van der Waals surface area contributed by atoms with Crippen molar-refractivity contribution in [1.29, 1.82) is 0 Å². The molecule has 6 heteroatoms. The number of rotatable bonds is 11. The molecule has 1 aliphatic rings. The minimum Gasteiger partial charge on any atom is -0.383 e. The molecule has 1 saturated carbocycles. The molecule has 1 rings (SSSR count). The van der Waals surface area contributed by atoms with Gasteiger partial charge in [0.15, 0.2) is 5.96 Å². The molecule has 1 fully saturated rings. The number of halogens is 1. The molecule has 0 bridgehead atoms. The second-order valence-electron chi connectivity index (χ2n) is 5.77. The molecule has 0 saturated heterocycles. The Kier molecular flexibility index (Phi) is 13.3. The van der Waals surface area contributed by atoms with Crippen LogP contribution in [0.4, 0.5) is 0 Å². The van der Waals surface area contributed by atoms with Gasteiger partial charge in [-0.3, -0.25) is 9.89 Å². The zero-order chi connectivity index (χ0) is 15.5. The van der Waals surface area contributed by atoms with Crippen LogP contribution in [-0.4, -0.2) is 75.3 Å². The Morgan fingerprint density at radius 2 is 1.95 bits per heavy atom. The highest BCUT2D eigenvalue weighted by Gasteiger charge is 2.28. The second-order valence-corrected chi connectivity index (χ2v) is 5.77. The molecule has 0 heterocycles. The van der Waals surface area contributed by atoms with Crippen LogP contribution in [0, 0.1) is 0 Å². The molecule has 0 aromatic heterocycles. The van der Waals surface area contributed by atoms with Gasteiger partial charge in [0, 0.05) is 46.4 Å². The number of unbranched alkanes of at least 4 members (excludes halogenated alkanes) is 1. The smallest absolute Gasteiger partial charge is 0.193 e. The highest BCUT2D eigenvalue weighted by atomic mass is 127. The molecule has 0 amide bonds. The van der Waals surface area contributed by atoms with E-state index in [-0.39, 0.29) is 24.0 Å². The number of guanidine groups is 1. The maximum Gasteiger partial charge on any atom is 0.193 e. The normalized spacial score (nSPS) is 14.9. The molecular weight excluding hydrogens is 391 g/mol. The van der Waals surface area contributed by atoms with E-state index in [2.05, 4.69) is 36.0 Å². The van der Waals surface area contributed by atoms with Gasteiger partial charge in [-0.05, 0) is 26.2 Å². The number of hydrogen-bond donors (Lipinski definition) is 1. The first kappa shape index (κ1) is 21.9. The largest absolute Gasteiger partial charge is 0.383 e. The summed E-state index contributed by atoms with van der Waals surface area (Å²) in [6.07, 6.45) is 5.10. The summed E-state index contributed by atoms with van der Waals surface area (Å²) in [6, 6.07) is 0.774. The molecule has 0 radical (unpaired) electrons. The number of nitrogens with one attached hydrogen (secondary N) is 1. The van der Waals surface area contributed by atoms with Crippen molar-refractivity contribution in [2.24, 2.45) is 4.99 Å². The lowest BCUT2D eigenvalue weighted by Gasteiger charge is -2.23. The Hall–Kier alpha value is -0.0800. The van der Waals surface area contributed by atoms with Gasteiger partial charge in [0.25, 0.3) is 0 Å². The predicted octanol–water partition coefficient (Wildman–Crippen LogP) is 2.41. The highest BCUT2D eigenvalue weighted by molar-refractivity contribution is 14.0. The molecule has 22 heavy (non-hydrogen) atoms. The van der Waals surface area contributed by atoms with Crippen LogP contribution in [-0.2, 0) is 4.74 Å². The monoisotopic (exact) mass is 426 g/mol. The van der Waals surface area contributed by atoms with Gasteiger partial charge >= 0.3 is 0 Å². The Balaban J connectivity index is 0.00000441. The summed E-state index contributed by atoms with van der Waals surface area (Å²) in [5.41, 5.74) is 0. The third-order valence-corrected chi connectivity index (χ3v) is 3.84. The predicted molar refractivity (Wildman–Crippen MR) is 105 cm³/mol.